The number of aromatic hydroxyl groups is 1. The first-order chi connectivity index (χ1) is 7.84. The number of carbonyl (C=O) groups excluding carboxylic acids is 1. The van der Waals surface area contributed by atoms with E-state index in [1.54, 1.807) is 0 Å². The lowest BCUT2D eigenvalue weighted by molar-refractivity contribution is -0.155. The van der Waals surface area contributed by atoms with E-state index in [-0.39, 0.29) is 11.3 Å². The molecule has 1 amide bonds. The molecule has 0 bridgehead atoms. The number of aliphatic carboxylic acids is 1. The molecule has 0 saturated carbocycles. The molecule has 1 heterocycles. The Bertz CT molecular complexity index is 444. The van der Waals surface area contributed by atoms with Crippen LogP contribution in [0.3, 0.4) is 0 Å². The van der Waals surface area contributed by atoms with E-state index < -0.39 is 24.0 Å². The molecule has 0 radical (unpaired) electrons. The highest BCUT2D eigenvalue weighted by atomic mass is 16.4. The van der Waals surface area contributed by atoms with Gasteiger partial charge >= 0.3 is 5.97 Å². The number of hydrogen-bond acceptors (Lipinski definition) is 5. The first kappa shape index (κ1) is 12.9. The number of hydrogen-bond donors (Lipinski definition) is 4. The van der Waals surface area contributed by atoms with Crippen molar-refractivity contribution in [1.29, 1.82) is 0 Å². The molecule has 4 N–H and O–H groups in total. The topological polar surface area (TPSA) is 120 Å². The largest absolute Gasteiger partial charge is 0.505 e. The second-order valence-electron chi connectivity index (χ2n) is 3.65. The highest BCUT2D eigenvalue weighted by Crippen LogP contribution is 2.13. The fourth-order valence-electron chi connectivity index (χ4n) is 1.00. The van der Waals surface area contributed by atoms with Crippen LogP contribution in [0.15, 0.2) is 18.5 Å². The van der Waals surface area contributed by atoms with Crippen LogP contribution in [0.5, 0.6) is 5.75 Å². The number of amides is 1. The maximum absolute atomic E-state index is 11.5. The standard InChI is InChI=1S/C10H12N2O5/c1-10(17,9(15)16)5-12-8(14)6-2-3-11-4-7(6)13/h2-4,13,17H,5H2,1H3,(H,12,14)(H,15,16). The van der Waals surface area contributed by atoms with Gasteiger partial charge in [0.1, 0.15) is 5.75 Å². The number of nitrogens with zero attached hydrogens (tertiary/aromatic N) is 1. The van der Waals surface area contributed by atoms with Crippen molar-refractivity contribution in [1.82, 2.24) is 10.3 Å². The van der Waals surface area contributed by atoms with Gasteiger partial charge in [0.2, 0.25) is 0 Å². The van der Waals surface area contributed by atoms with Crippen LogP contribution in [0.2, 0.25) is 0 Å². The Morgan fingerprint density at radius 1 is 1.53 bits per heavy atom. The molecule has 17 heavy (non-hydrogen) atoms. The van der Waals surface area contributed by atoms with E-state index in [1.165, 1.54) is 12.3 Å². The van der Waals surface area contributed by atoms with Gasteiger partial charge in [-0.15, -0.1) is 0 Å². The second-order valence-corrected chi connectivity index (χ2v) is 3.65. The summed E-state index contributed by atoms with van der Waals surface area (Å²) in [7, 11) is 0. The van der Waals surface area contributed by atoms with Crippen molar-refractivity contribution in [3.05, 3.63) is 24.0 Å². The van der Waals surface area contributed by atoms with Crippen molar-refractivity contribution in [3.8, 4) is 5.75 Å². The number of carboxylic acid groups (broad SMARTS) is 1. The number of nitrogens with one attached hydrogen (secondary N) is 1. The Morgan fingerprint density at radius 3 is 2.71 bits per heavy atom. The van der Waals surface area contributed by atoms with Crippen LogP contribution in [0.25, 0.3) is 0 Å². The minimum atomic E-state index is -2.06. The summed E-state index contributed by atoms with van der Waals surface area (Å²) in [6.45, 7) is 0.588. The Morgan fingerprint density at radius 2 is 2.18 bits per heavy atom. The van der Waals surface area contributed by atoms with Gasteiger partial charge in [-0.25, -0.2) is 4.79 Å². The molecule has 7 heteroatoms. The molecule has 1 aromatic heterocycles. The number of rotatable bonds is 4. The highest BCUT2D eigenvalue weighted by molar-refractivity contribution is 5.96. The predicted molar refractivity (Wildman–Crippen MR) is 56.5 cm³/mol. The van der Waals surface area contributed by atoms with E-state index in [9.17, 15) is 19.8 Å². The van der Waals surface area contributed by atoms with Gasteiger partial charge in [-0.05, 0) is 13.0 Å². The number of carboxylic acids is 1. The van der Waals surface area contributed by atoms with Gasteiger partial charge in [-0.3, -0.25) is 9.78 Å². The van der Waals surface area contributed by atoms with Crippen LogP contribution in [0, 0.1) is 0 Å². The molecule has 1 atom stereocenters. The molecule has 7 nitrogen and oxygen atoms in total. The summed E-state index contributed by atoms with van der Waals surface area (Å²) in [6, 6.07) is 1.28. The van der Waals surface area contributed by atoms with E-state index in [4.69, 9.17) is 5.11 Å². The summed E-state index contributed by atoms with van der Waals surface area (Å²) >= 11 is 0. The van der Waals surface area contributed by atoms with Gasteiger partial charge in [0.05, 0.1) is 18.3 Å². The van der Waals surface area contributed by atoms with Gasteiger partial charge in [0, 0.05) is 6.20 Å². The zero-order valence-electron chi connectivity index (χ0n) is 9.04. The first-order valence-electron chi connectivity index (χ1n) is 4.71. The average Bonchev–Trinajstić information content (AvgIpc) is 2.26. The second kappa shape index (κ2) is 4.79. The zero-order valence-corrected chi connectivity index (χ0v) is 9.04. The smallest absolute Gasteiger partial charge is 0.337 e. The van der Waals surface area contributed by atoms with Crippen LogP contribution in [0.4, 0.5) is 0 Å². The number of carbonyl (C=O) groups is 2. The van der Waals surface area contributed by atoms with Gasteiger partial charge in [-0.2, -0.15) is 0 Å². The van der Waals surface area contributed by atoms with Gasteiger partial charge < -0.3 is 20.6 Å². The maximum Gasteiger partial charge on any atom is 0.337 e. The molecule has 1 aromatic rings. The van der Waals surface area contributed by atoms with Gasteiger partial charge in [0.15, 0.2) is 5.60 Å². The third-order valence-electron chi connectivity index (χ3n) is 2.10. The molecule has 0 aliphatic carbocycles. The average molecular weight is 240 g/mol. The van der Waals surface area contributed by atoms with E-state index in [0.717, 1.165) is 13.1 Å². The minimum Gasteiger partial charge on any atom is -0.505 e. The van der Waals surface area contributed by atoms with Crippen LogP contribution < -0.4 is 5.32 Å². The number of pyridine rings is 1. The van der Waals surface area contributed by atoms with Crippen molar-refractivity contribution in [3.63, 3.8) is 0 Å². The maximum atomic E-state index is 11.5. The molecule has 0 aliphatic heterocycles. The Labute approximate surface area is 96.7 Å². The van der Waals surface area contributed by atoms with Crippen molar-refractivity contribution in [2.45, 2.75) is 12.5 Å². The molecule has 1 rings (SSSR count). The summed E-state index contributed by atoms with van der Waals surface area (Å²) in [5.74, 6) is -2.46. The minimum absolute atomic E-state index is 0.0406. The van der Waals surface area contributed by atoms with E-state index in [0.29, 0.717) is 0 Å². The molecule has 0 aliphatic rings. The molecule has 92 valence electrons. The molecule has 0 aromatic carbocycles. The SMILES string of the molecule is CC(O)(CNC(=O)c1ccncc1O)C(=O)O. The lowest BCUT2D eigenvalue weighted by atomic mass is 10.1. The third kappa shape index (κ3) is 3.15. The van der Waals surface area contributed by atoms with Gasteiger partial charge in [-0.1, -0.05) is 0 Å². The number of aliphatic hydroxyl groups is 1. The summed E-state index contributed by atoms with van der Waals surface area (Å²) in [5, 5.41) is 29.5. The summed E-state index contributed by atoms with van der Waals surface area (Å²) in [4.78, 5) is 25.7. The molecule has 0 spiro atoms. The summed E-state index contributed by atoms with van der Waals surface area (Å²) in [5.41, 5.74) is -2.10. The quantitative estimate of drug-likeness (QED) is 0.555. The van der Waals surface area contributed by atoms with Crippen LogP contribution in [0.1, 0.15) is 17.3 Å². The lowest BCUT2D eigenvalue weighted by Crippen LogP contribution is -2.46. The fourth-order valence-corrected chi connectivity index (χ4v) is 1.00. The van der Waals surface area contributed by atoms with Crippen LogP contribution >= 0.6 is 0 Å². The first-order valence-corrected chi connectivity index (χ1v) is 4.71. The Hall–Kier alpha value is -2.15. The molecular formula is C10H12N2O5. The molecule has 1 unspecified atom stereocenters. The monoisotopic (exact) mass is 240 g/mol. The molecule has 0 fully saturated rings. The van der Waals surface area contributed by atoms with Crippen molar-refractivity contribution < 1.29 is 24.9 Å². The highest BCUT2D eigenvalue weighted by Gasteiger charge is 2.30. The van der Waals surface area contributed by atoms with E-state index in [2.05, 4.69) is 10.3 Å². The third-order valence-corrected chi connectivity index (χ3v) is 2.10. The lowest BCUT2D eigenvalue weighted by Gasteiger charge is -2.18. The molecule has 0 saturated heterocycles. The van der Waals surface area contributed by atoms with Crippen molar-refractivity contribution >= 4 is 11.9 Å². The van der Waals surface area contributed by atoms with Crippen molar-refractivity contribution in [2.24, 2.45) is 0 Å². The fraction of sp³-hybridized carbons (Fsp3) is 0.300. The zero-order chi connectivity index (χ0) is 13.1. The Kier molecular flexibility index (Phi) is 3.64. The predicted octanol–water partition coefficient (Wildman–Crippen LogP) is -0.647. The molecular weight excluding hydrogens is 228 g/mol. The van der Waals surface area contributed by atoms with Crippen LogP contribution in [-0.4, -0.2) is 44.3 Å². The van der Waals surface area contributed by atoms with Gasteiger partial charge in [0.25, 0.3) is 5.91 Å². The van der Waals surface area contributed by atoms with Crippen LogP contribution in [-0.2, 0) is 4.79 Å². The summed E-state index contributed by atoms with van der Waals surface area (Å²) in [6.07, 6.45) is 2.40. The van der Waals surface area contributed by atoms with E-state index in [1.807, 2.05) is 0 Å². The normalized spacial score (nSPS) is 13.8. The Balaban J connectivity index is 2.69. The van der Waals surface area contributed by atoms with Crippen molar-refractivity contribution in [2.75, 3.05) is 6.54 Å². The van der Waals surface area contributed by atoms with E-state index >= 15 is 0 Å². The number of aromatic nitrogens is 1. The summed E-state index contributed by atoms with van der Waals surface area (Å²) < 4.78 is 0.